The lowest BCUT2D eigenvalue weighted by molar-refractivity contribution is 0.634. The standard InChI is InChI=1S/C17H23N5/c1-18-17(21-15-7-8-15)20-13-16-19-10-12-22(16)11-9-14-5-3-2-4-6-14/h2-6,10,12,15H,7-9,11,13H2,1H3,(H2,18,20,21). The minimum absolute atomic E-state index is 0.601. The van der Waals surface area contributed by atoms with Crippen LogP contribution in [-0.4, -0.2) is 28.6 Å². The Morgan fingerprint density at radius 2 is 2.14 bits per heavy atom. The zero-order chi connectivity index (χ0) is 15.2. The smallest absolute Gasteiger partial charge is 0.191 e. The largest absolute Gasteiger partial charge is 0.354 e. The van der Waals surface area contributed by atoms with Crippen LogP contribution in [0.25, 0.3) is 0 Å². The van der Waals surface area contributed by atoms with E-state index in [-0.39, 0.29) is 0 Å². The number of nitrogens with one attached hydrogen (secondary N) is 2. The molecular formula is C17H23N5. The molecule has 0 amide bonds. The zero-order valence-electron chi connectivity index (χ0n) is 13.0. The first-order valence-corrected chi connectivity index (χ1v) is 7.86. The summed E-state index contributed by atoms with van der Waals surface area (Å²) < 4.78 is 2.20. The Balaban J connectivity index is 1.52. The summed E-state index contributed by atoms with van der Waals surface area (Å²) in [6.45, 7) is 1.63. The summed E-state index contributed by atoms with van der Waals surface area (Å²) in [5.74, 6) is 1.90. The van der Waals surface area contributed by atoms with Crippen LogP contribution in [0.1, 0.15) is 24.2 Å². The lowest BCUT2D eigenvalue weighted by Crippen LogP contribution is -2.38. The van der Waals surface area contributed by atoms with Crippen LogP contribution in [0.15, 0.2) is 47.7 Å². The number of benzene rings is 1. The van der Waals surface area contributed by atoms with Crippen LogP contribution in [0.3, 0.4) is 0 Å². The first-order chi connectivity index (χ1) is 10.8. The Bertz CT molecular complexity index is 613. The number of aliphatic imine (C=N–C) groups is 1. The van der Waals surface area contributed by atoms with Crippen LogP contribution < -0.4 is 10.6 Å². The second kappa shape index (κ2) is 7.11. The van der Waals surface area contributed by atoms with Gasteiger partial charge in [0.25, 0.3) is 0 Å². The fourth-order valence-corrected chi connectivity index (χ4v) is 2.38. The third-order valence-electron chi connectivity index (χ3n) is 3.84. The average molecular weight is 297 g/mol. The lowest BCUT2D eigenvalue weighted by atomic mass is 10.1. The highest BCUT2D eigenvalue weighted by Crippen LogP contribution is 2.18. The van der Waals surface area contributed by atoms with Crippen molar-refractivity contribution in [3.63, 3.8) is 0 Å². The van der Waals surface area contributed by atoms with Crippen molar-refractivity contribution >= 4 is 5.96 Å². The molecule has 0 aliphatic heterocycles. The lowest BCUT2D eigenvalue weighted by Gasteiger charge is -2.12. The number of aryl methyl sites for hydroxylation is 2. The average Bonchev–Trinajstić information content (AvgIpc) is 3.27. The molecule has 1 aliphatic rings. The molecule has 5 nitrogen and oxygen atoms in total. The van der Waals surface area contributed by atoms with Gasteiger partial charge in [-0.25, -0.2) is 4.98 Å². The van der Waals surface area contributed by atoms with E-state index in [0.29, 0.717) is 12.6 Å². The van der Waals surface area contributed by atoms with Crippen molar-refractivity contribution in [2.75, 3.05) is 7.05 Å². The molecule has 0 spiro atoms. The maximum absolute atomic E-state index is 4.45. The number of hydrogen-bond donors (Lipinski definition) is 2. The molecule has 0 unspecified atom stereocenters. The van der Waals surface area contributed by atoms with Crippen LogP contribution in [0.5, 0.6) is 0 Å². The van der Waals surface area contributed by atoms with Gasteiger partial charge in [0, 0.05) is 32.0 Å². The van der Waals surface area contributed by atoms with Crippen LogP contribution in [-0.2, 0) is 19.5 Å². The number of hydrogen-bond acceptors (Lipinski definition) is 2. The van der Waals surface area contributed by atoms with Crippen molar-refractivity contribution in [1.29, 1.82) is 0 Å². The zero-order valence-corrected chi connectivity index (χ0v) is 13.0. The maximum atomic E-state index is 4.45. The summed E-state index contributed by atoms with van der Waals surface area (Å²) in [5, 5.41) is 6.72. The molecule has 1 aliphatic carbocycles. The summed E-state index contributed by atoms with van der Waals surface area (Å²) >= 11 is 0. The van der Waals surface area contributed by atoms with Gasteiger partial charge < -0.3 is 15.2 Å². The van der Waals surface area contributed by atoms with Crippen LogP contribution in [0.2, 0.25) is 0 Å². The molecule has 1 aromatic carbocycles. The van der Waals surface area contributed by atoms with Gasteiger partial charge in [0.05, 0.1) is 6.54 Å². The quantitative estimate of drug-likeness (QED) is 0.633. The molecule has 0 atom stereocenters. The molecule has 116 valence electrons. The Morgan fingerprint density at radius 1 is 1.32 bits per heavy atom. The topological polar surface area (TPSA) is 54.2 Å². The molecule has 2 aromatic rings. The van der Waals surface area contributed by atoms with Crippen molar-refractivity contribution in [2.45, 2.75) is 38.4 Å². The summed E-state index contributed by atoms with van der Waals surface area (Å²) in [6, 6.07) is 11.1. The Hall–Kier alpha value is -2.30. The first kappa shape index (κ1) is 14.6. The molecule has 0 bridgehead atoms. The van der Waals surface area contributed by atoms with E-state index < -0.39 is 0 Å². The van der Waals surface area contributed by atoms with Gasteiger partial charge in [-0.1, -0.05) is 30.3 Å². The monoisotopic (exact) mass is 297 g/mol. The van der Waals surface area contributed by atoms with Gasteiger partial charge in [-0.3, -0.25) is 4.99 Å². The number of guanidine groups is 1. The van der Waals surface area contributed by atoms with Crippen molar-refractivity contribution in [1.82, 2.24) is 20.2 Å². The van der Waals surface area contributed by atoms with Crippen LogP contribution in [0.4, 0.5) is 0 Å². The van der Waals surface area contributed by atoms with E-state index in [9.17, 15) is 0 Å². The molecule has 0 saturated heterocycles. The van der Waals surface area contributed by atoms with Crippen molar-refractivity contribution in [3.05, 3.63) is 54.1 Å². The number of rotatable bonds is 6. The predicted octanol–water partition coefficient (Wildman–Crippen LogP) is 1.95. The minimum atomic E-state index is 0.601. The summed E-state index contributed by atoms with van der Waals surface area (Å²) in [4.78, 5) is 8.70. The van der Waals surface area contributed by atoms with Gasteiger partial charge in [-0.05, 0) is 24.8 Å². The van der Waals surface area contributed by atoms with E-state index in [0.717, 1.165) is 24.7 Å². The van der Waals surface area contributed by atoms with Crippen LogP contribution in [0, 0.1) is 0 Å². The van der Waals surface area contributed by atoms with Crippen molar-refractivity contribution in [3.8, 4) is 0 Å². The van der Waals surface area contributed by atoms with Gasteiger partial charge in [0.15, 0.2) is 5.96 Å². The molecular weight excluding hydrogens is 274 g/mol. The number of nitrogens with zero attached hydrogens (tertiary/aromatic N) is 3. The third-order valence-corrected chi connectivity index (χ3v) is 3.84. The van der Waals surface area contributed by atoms with Crippen molar-refractivity contribution < 1.29 is 0 Å². The van der Waals surface area contributed by atoms with E-state index in [1.54, 1.807) is 7.05 Å². The van der Waals surface area contributed by atoms with E-state index in [4.69, 9.17) is 0 Å². The van der Waals surface area contributed by atoms with Gasteiger partial charge in [-0.2, -0.15) is 0 Å². The Kier molecular flexibility index (Phi) is 4.73. The molecule has 22 heavy (non-hydrogen) atoms. The SMILES string of the molecule is CN=C(NCc1nccn1CCc1ccccc1)NC1CC1. The third kappa shape index (κ3) is 4.10. The van der Waals surface area contributed by atoms with Gasteiger partial charge >= 0.3 is 0 Å². The predicted molar refractivity (Wildman–Crippen MR) is 88.7 cm³/mol. The maximum Gasteiger partial charge on any atom is 0.191 e. The Morgan fingerprint density at radius 3 is 2.86 bits per heavy atom. The highest BCUT2D eigenvalue weighted by atomic mass is 15.2. The minimum Gasteiger partial charge on any atom is -0.354 e. The molecule has 1 heterocycles. The first-order valence-electron chi connectivity index (χ1n) is 7.86. The van der Waals surface area contributed by atoms with Crippen LogP contribution >= 0.6 is 0 Å². The molecule has 5 heteroatoms. The second-order valence-electron chi connectivity index (χ2n) is 5.62. The number of aromatic nitrogens is 2. The molecule has 2 N–H and O–H groups in total. The summed E-state index contributed by atoms with van der Waals surface area (Å²) in [6.07, 6.45) is 7.40. The van der Waals surface area contributed by atoms with Crippen molar-refractivity contribution in [2.24, 2.45) is 4.99 Å². The summed E-state index contributed by atoms with van der Waals surface area (Å²) in [5.41, 5.74) is 1.35. The molecule has 1 saturated carbocycles. The molecule has 0 radical (unpaired) electrons. The number of imidazole rings is 1. The molecule has 1 fully saturated rings. The van der Waals surface area contributed by atoms with E-state index in [1.165, 1.54) is 18.4 Å². The highest BCUT2D eigenvalue weighted by molar-refractivity contribution is 5.80. The second-order valence-corrected chi connectivity index (χ2v) is 5.62. The van der Waals surface area contributed by atoms with E-state index >= 15 is 0 Å². The molecule has 3 rings (SSSR count). The fourth-order valence-electron chi connectivity index (χ4n) is 2.38. The normalized spacial score (nSPS) is 14.9. The van der Waals surface area contributed by atoms with E-state index in [2.05, 4.69) is 55.5 Å². The van der Waals surface area contributed by atoms with Gasteiger partial charge in [0.1, 0.15) is 5.82 Å². The Labute approximate surface area is 131 Å². The fraction of sp³-hybridized carbons (Fsp3) is 0.412. The van der Waals surface area contributed by atoms with E-state index in [1.807, 2.05) is 12.4 Å². The molecule has 1 aromatic heterocycles. The van der Waals surface area contributed by atoms with Gasteiger partial charge in [0.2, 0.25) is 0 Å². The highest BCUT2D eigenvalue weighted by Gasteiger charge is 2.22. The summed E-state index contributed by atoms with van der Waals surface area (Å²) in [7, 11) is 1.81. The van der Waals surface area contributed by atoms with Gasteiger partial charge in [-0.15, -0.1) is 0 Å².